The average molecular weight is 494 g/mol. The number of benzene rings is 3. The van der Waals surface area contributed by atoms with Crippen LogP contribution >= 0.6 is 0 Å². The molecule has 1 N–H and O–H groups in total. The Morgan fingerprint density at radius 1 is 0.973 bits per heavy atom. The minimum absolute atomic E-state index is 0.0219. The van der Waals surface area contributed by atoms with Crippen molar-refractivity contribution in [2.75, 3.05) is 13.1 Å². The summed E-state index contributed by atoms with van der Waals surface area (Å²) in [5, 5.41) is 16.6. The summed E-state index contributed by atoms with van der Waals surface area (Å²) in [6.07, 6.45) is 1.20. The third-order valence-corrected chi connectivity index (χ3v) is 7.75. The van der Waals surface area contributed by atoms with Crippen molar-refractivity contribution in [3.05, 3.63) is 89.3 Å². The average Bonchev–Trinajstić information content (AvgIpc) is 3.39. The number of aromatic nitrogens is 2. The molecule has 0 aliphatic carbocycles. The number of aliphatic hydroxyl groups is 1. The summed E-state index contributed by atoms with van der Waals surface area (Å²) in [7, 11) is 0. The van der Waals surface area contributed by atoms with Gasteiger partial charge in [0.1, 0.15) is 5.76 Å². The zero-order chi connectivity index (χ0) is 25.7. The van der Waals surface area contributed by atoms with E-state index < -0.39 is 5.60 Å². The largest absolute Gasteiger partial charge is 0.390 e. The van der Waals surface area contributed by atoms with Gasteiger partial charge in [-0.1, -0.05) is 47.6 Å². The molecule has 3 heterocycles. The molecule has 1 aliphatic heterocycles. The van der Waals surface area contributed by atoms with Crippen molar-refractivity contribution in [1.82, 2.24) is 14.6 Å². The highest BCUT2D eigenvalue weighted by molar-refractivity contribution is 6.11. The van der Waals surface area contributed by atoms with Gasteiger partial charge in [-0.2, -0.15) is 0 Å². The summed E-state index contributed by atoms with van der Waals surface area (Å²) >= 11 is 0. The van der Waals surface area contributed by atoms with Crippen LogP contribution in [0.3, 0.4) is 0 Å². The van der Waals surface area contributed by atoms with Crippen LogP contribution in [0.15, 0.2) is 71.3 Å². The predicted octanol–water partition coefficient (Wildman–Crippen LogP) is 6.10. The Hall–Kier alpha value is -3.90. The maximum Gasteiger partial charge on any atom is 0.253 e. The molecule has 0 bridgehead atoms. The van der Waals surface area contributed by atoms with Crippen LogP contribution in [0.4, 0.5) is 0 Å². The lowest BCUT2D eigenvalue weighted by Gasteiger charge is -2.35. The second-order valence-corrected chi connectivity index (χ2v) is 10.5. The quantitative estimate of drug-likeness (QED) is 0.328. The van der Waals surface area contributed by atoms with Crippen LogP contribution in [0.1, 0.15) is 47.1 Å². The topological polar surface area (TPSA) is 71.5 Å². The Kier molecular flexibility index (Phi) is 5.64. The fourth-order valence-electron chi connectivity index (χ4n) is 5.59. The molecule has 188 valence electrons. The van der Waals surface area contributed by atoms with Crippen LogP contribution in [0.5, 0.6) is 0 Å². The lowest BCUT2D eigenvalue weighted by Crippen LogP contribution is -2.45. The minimum atomic E-state index is -0.690. The van der Waals surface area contributed by atoms with Gasteiger partial charge in [0.15, 0.2) is 0 Å². The number of aryl methyl sites for hydroxylation is 2. The molecule has 1 fully saturated rings. The van der Waals surface area contributed by atoms with Gasteiger partial charge in [0.2, 0.25) is 0 Å². The fourth-order valence-corrected chi connectivity index (χ4v) is 5.59. The van der Waals surface area contributed by atoms with Crippen molar-refractivity contribution in [2.45, 2.75) is 45.8 Å². The first-order chi connectivity index (χ1) is 17.8. The fraction of sp³-hybridized carbons (Fsp3) is 0.290. The summed E-state index contributed by atoms with van der Waals surface area (Å²) in [5.74, 6) is 0.824. The van der Waals surface area contributed by atoms with Gasteiger partial charge in [-0.05, 0) is 69.0 Å². The van der Waals surface area contributed by atoms with E-state index in [-0.39, 0.29) is 5.91 Å². The monoisotopic (exact) mass is 493 g/mol. The van der Waals surface area contributed by atoms with E-state index in [0.29, 0.717) is 31.5 Å². The molecule has 0 unspecified atom stereocenters. The van der Waals surface area contributed by atoms with Gasteiger partial charge in [0.05, 0.1) is 16.8 Å². The Balaban J connectivity index is 1.48. The number of hydrogen-bond acceptors (Lipinski definition) is 4. The molecule has 0 radical (unpaired) electrons. The van der Waals surface area contributed by atoms with E-state index in [0.717, 1.165) is 50.9 Å². The van der Waals surface area contributed by atoms with Gasteiger partial charge in [0, 0.05) is 47.1 Å². The number of fused-ring (bicyclic) bond motifs is 3. The molecule has 6 heteroatoms. The Morgan fingerprint density at radius 2 is 1.73 bits per heavy atom. The number of carbonyl (C=O) groups excluding carboxylic acids is 1. The van der Waals surface area contributed by atoms with Gasteiger partial charge >= 0.3 is 0 Å². The van der Waals surface area contributed by atoms with E-state index in [9.17, 15) is 9.90 Å². The second-order valence-electron chi connectivity index (χ2n) is 10.5. The third kappa shape index (κ3) is 4.21. The van der Waals surface area contributed by atoms with Gasteiger partial charge in [0.25, 0.3) is 5.91 Å². The first kappa shape index (κ1) is 23.5. The predicted molar refractivity (Wildman–Crippen MR) is 146 cm³/mol. The van der Waals surface area contributed by atoms with Crippen molar-refractivity contribution < 1.29 is 14.4 Å². The number of carbonyl (C=O) groups is 1. The molecule has 5 aromatic rings. The van der Waals surface area contributed by atoms with Gasteiger partial charge in [-0.25, -0.2) is 0 Å². The molecule has 1 amide bonds. The van der Waals surface area contributed by atoms with Crippen LogP contribution in [-0.2, 0) is 6.54 Å². The highest BCUT2D eigenvalue weighted by atomic mass is 16.5. The molecule has 37 heavy (non-hydrogen) atoms. The number of hydrogen-bond donors (Lipinski definition) is 1. The van der Waals surface area contributed by atoms with Crippen LogP contribution in [-0.4, -0.2) is 44.3 Å². The lowest BCUT2D eigenvalue weighted by molar-refractivity contribution is -0.00202. The summed E-state index contributed by atoms with van der Waals surface area (Å²) in [5.41, 5.74) is 6.36. The van der Waals surface area contributed by atoms with Gasteiger partial charge in [-0.3, -0.25) is 4.79 Å². The van der Waals surface area contributed by atoms with Crippen LogP contribution in [0, 0.1) is 13.8 Å². The van der Waals surface area contributed by atoms with Crippen molar-refractivity contribution in [3.8, 4) is 11.1 Å². The van der Waals surface area contributed by atoms with E-state index in [4.69, 9.17) is 4.52 Å². The minimum Gasteiger partial charge on any atom is -0.390 e. The van der Waals surface area contributed by atoms with E-state index in [1.165, 1.54) is 5.56 Å². The molecule has 6 rings (SSSR count). The van der Waals surface area contributed by atoms with E-state index in [2.05, 4.69) is 58.3 Å². The SMILES string of the molecule is Cc1noc(C)c1-c1ccc2c3cc(C(=O)N4CCC(C)(O)CC4)ccc3n(Cc3ccccc3)c2c1. The Labute approximate surface area is 216 Å². The van der Waals surface area contributed by atoms with E-state index in [1.807, 2.05) is 43.9 Å². The second kappa shape index (κ2) is 8.89. The number of amides is 1. The maximum absolute atomic E-state index is 13.4. The van der Waals surface area contributed by atoms with Crippen molar-refractivity contribution >= 4 is 27.7 Å². The summed E-state index contributed by atoms with van der Waals surface area (Å²) in [6, 6.07) is 22.9. The van der Waals surface area contributed by atoms with Gasteiger partial charge < -0.3 is 19.1 Å². The molecule has 3 aromatic carbocycles. The molecular formula is C31H31N3O3. The standard InChI is InChI=1S/C31H31N3O3/c1-20-29(21(2)37-32-20)23-9-11-25-26-17-24(30(35)33-15-13-31(3,36)14-16-33)10-12-27(26)34(28(25)18-23)19-22-7-5-4-6-8-22/h4-12,17-18,36H,13-16,19H2,1-3H3. The van der Waals surface area contributed by atoms with Crippen molar-refractivity contribution in [1.29, 1.82) is 0 Å². The molecule has 1 aliphatic rings. The Bertz CT molecular complexity index is 1600. The number of nitrogens with zero attached hydrogens (tertiary/aromatic N) is 3. The third-order valence-electron chi connectivity index (χ3n) is 7.75. The molecule has 0 atom stereocenters. The smallest absolute Gasteiger partial charge is 0.253 e. The first-order valence-electron chi connectivity index (χ1n) is 12.9. The lowest BCUT2D eigenvalue weighted by atomic mass is 9.93. The zero-order valence-electron chi connectivity index (χ0n) is 21.5. The molecule has 2 aromatic heterocycles. The summed E-state index contributed by atoms with van der Waals surface area (Å²) in [4.78, 5) is 15.3. The summed E-state index contributed by atoms with van der Waals surface area (Å²) in [6.45, 7) is 7.62. The highest BCUT2D eigenvalue weighted by Gasteiger charge is 2.30. The molecule has 0 saturated carbocycles. The zero-order valence-corrected chi connectivity index (χ0v) is 21.5. The number of rotatable bonds is 4. The molecule has 1 saturated heterocycles. The highest BCUT2D eigenvalue weighted by Crippen LogP contribution is 2.36. The van der Waals surface area contributed by atoms with Crippen molar-refractivity contribution in [3.63, 3.8) is 0 Å². The van der Waals surface area contributed by atoms with Crippen LogP contribution in [0.2, 0.25) is 0 Å². The molecular weight excluding hydrogens is 462 g/mol. The Morgan fingerprint density at radius 3 is 2.43 bits per heavy atom. The number of piperidine rings is 1. The van der Waals surface area contributed by atoms with Crippen LogP contribution in [0.25, 0.3) is 32.9 Å². The van der Waals surface area contributed by atoms with E-state index in [1.54, 1.807) is 0 Å². The van der Waals surface area contributed by atoms with Crippen LogP contribution < -0.4 is 0 Å². The van der Waals surface area contributed by atoms with Gasteiger partial charge in [-0.15, -0.1) is 0 Å². The van der Waals surface area contributed by atoms with Crippen molar-refractivity contribution in [2.24, 2.45) is 0 Å². The summed E-state index contributed by atoms with van der Waals surface area (Å²) < 4.78 is 7.77. The normalized spacial score (nSPS) is 15.5. The first-order valence-corrected chi connectivity index (χ1v) is 12.9. The van der Waals surface area contributed by atoms with E-state index >= 15 is 0 Å². The molecule has 6 nitrogen and oxygen atoms in total. The molecule has 0 spiro atoms. The maximum atomic E-state index is 13.4. The number of likely N-dealkylation sites (tertiary alicyclic amines) is 1.